The number of methoxy groups -OCH3 is 1. The SMILES string of the molecule is CCCCC(COC)C(C)C(C)C(CCC)CC[C@H](C)CC. The highest BCUT2D eigenvalue weighted by atomic mass is 16.5. The van der Waals surface area contributed by atoms with Crippen LogP contribution < -0.4 is 0 Å². The topological polar surface area (TPSA) is 9.23 Å². The van der Waals surface area contributed by atoms with Crippen molar-refractivity contribution in [3.63, 3.8) is 0 Å². The average Bonchev–Trinajstić information content (AvgIpc) is 2.53. The lowest BCUT2D eigenvalue weighted by Gasteiger charge is -2.34. The molecule has 0 rings (SSSR count). The smallest absolute Gasteiger partial charge is 0.0493 e. The number of unbranched alkanes of at least 4 members (excludes halogenated alkanes) is 1. The fraction of sp³-hybridized carbons (Fsp3) is 1.00. The van der Waals surface area contributed by atoms with Crippen LogP contribution in [0.5, 0.6) is 0 Å². The van der Waals surface area contributed by atoms with E-state index >= 15 is 0 Å². The minimum atomic E-state index is 0.739. The molecule has 0 aliphatic rings. The van der Waals surface area contributed by atoms with Gasteiger partial charge in [0.25, 0.3) is 0 Å². The first-order chi connectivity index (χ1) is 10.5. The molecule has 0 radical (unpaired) electrons. The van der Waals surface area contributed by atoms with E-state index in [1.54, 1.807) is 0 Å². The van der Waals surface area contributed by atoms with Gasteiger partial charge < -0.3 is 4.74 Å². The largest absolute Gasteiger partial charge is 0.384 e. The van der Waals surface area contributed by atoms with Crippen LogP contribution in [0.2, 0.25) is 0 Å². The van der Waals surface area contributed by atoms with E-state index in [-0.39, 0.29) is 0 Å². The van der Waals surface area contributed by atoms with Crippen LogP contribution in [0.25, 0.3) is 0 Å². The van der Waals surface area contributed by atoms with E-state index in [4.69, 9.17) is 4.74 Å². The molecule has 0 heterocycles. The van der Waals surface area contributed by atoms with Crippen LogP contribution in [-0.4, -0.2) is 13.7 Å². The second-order valence-electron chi connectivity index (χ2n) is 7.72. The van der Waals surface area contributed by atoms with Crippen LogP contribution in [0.4, 0.5) is 0 Å². The minimum absolute atomic E-state index is 0.739. The summed E-state index contributed by atoms with van der Waals surface area (Å²) in [5, 5.41) is 0. The molecule has 0 spiro atoms. The third-order valence-electron chi connectivity index (χ3n) is 6.01. The molecule has 0 aliphatic heterocycles. The minimum Gasteiger partial charge on any atom is -0.384 e. The van der Waals surface area contributed by atoms with Gasteiger partial charge in [-0.05, 0) is 42.4 Å². The van der Waals surface area contributed by atoms with Gasteiger partial charge in [0.05, 0.1) is 0 Å². The van der Waals surface area contributed by atoms with E-state index in [0.29, 0.717) is 0 Å². The van der Waals surface area contributed by atoms with E-state index in [0.717, 1.165) is 36.2 Å². The first-order valence-electron chi connectivity index (χ1n) is 10.00. The molecule has 0 aromatic rings. The van der Waals surface area contributed by atoms with Crippen LogP contribution in [0.3, 0.4) is 0 Å². The van der Waals surface area contributed by atoms with Crippen molar-refractivity contribution in [1.29, 1.82) is 0 Å². The quantitative estimate of drug-likeness (QED) is 0.337. The Balaban J connectivity index is 4.66. The monoisotopic (exact) mass is 312 g/mol. The van der Waals surface area contributed by atoms with Crippen LogP contribution in [0, 0.1) is 29.6 Å². The molecule has 1 heteroatoms. The third-order valence-corrected chi connectivity index (χ3v) is 6.01. The lowest BCUT2D eigenvalue weighted by molar-refractivity contribution is 0.0789. The molecular formula is C21H44O. The Bertz CT molecular complexity index is 236. The van der Waals surface area contributed by atoms with Crippen LogP contribution in [0.15, 0.2) is 0 Å². The van der Waals surface area contributed by atoms with Crippen molar-refractivity contribution in [2.75, 3.05) is 13.7 Å². The Morgan fingerprint density at radius 2 is 1.36 bits per heavy atom. The Labute approximate surface area is 141 Å². The second-order valence-corrected chi connectivity index (χ2v) is 7.72. The van der Waals surface area contributed by atoms with E-state index in [1.165, 1.54) is 51.4 Å². The molecule has 0 aromatic carbocycles. The Morgan fingerprint density at radius 3 is 1.86 bits per heavy atom. The Kier molecular flexibility index (Phi) is 13.4. The van der Waals surface area contributed by atoms with Gasteiger partial charge in [-0.2, -0.15) is 0 Å². The molecule has 5 atom stereocenters. The van der Waals surface area contributed by atoms with Gasteiger partial charge in [0.15, 0.2) is 0 Å². The summed E-state index contributed by atoms with van der Waals surface area (Å²) in [6.45, 7) is 15.3. The average molecular weight is 313 g/mol. The summed E-state index contributed by atoms with van der Waals surface area (Å²) in [5.74, 6) is 4.12. The van der Waals surface area contributed by atoms with Crippen molar-refractivity contribution in [2.24, 2.45) is 29.6 Å². The maximum atomic E-state index is 5.53. The molecule has 0 aromatic heterocycles. The van der Waals surface area contributed by atoms with Gasteiger partial charge in [-0.1, -0.05) is 80.1 Å². The standard InChI is InChI=1S/C21H44O/c1-8-11-13-21(16-22-7)19(6)18(5)20(12-9-2)15-14-17(4)10-3/h17-21H,8-16H2,1-7H3/t17-,18?,19?,20?,21?/m1/s1. The third kappa shape index (κ3) is 8.56. The van der Waals surface area contributed by atoms with Gasteiger partial charge in [-0.3, -0.25) is 0 Å². The summed E-state index contributed by atoms with van der Waals surface area (Å²) in [6.07, 6.45) is 10.8. The molecule has 0 bridgehead atoms. The predicted octanol–water partition coefficient (Wildman–Crippen LogP) is 6.95. The summed E-state index contributed by atoms with van der Waals surface area (Å²) in [4.78, 5) is 0. The zero-order valence-corrected chi connectivity index (χ0v) is 16.7. The normalized spacial score (nSPS) is 18.7. The zero-order valence-electron chi connectivity index (χ0n) is 16.7. The molecular weight excluding hydrogens is 268 g/mol. The highest BCUT2D eigenvalue weighted by Gasteiger charge is 2.28. The van der Waals surface area contributed by atoms with Gasteiger partial charge >= 0.3 is 0 Å². The van der Waals surface area contributed by atoms with Gasteiger partial charge in [0.2, 0.25) is 0 Å². The number of rotatable bonds is 14. The lowest BCUT2D eigenvalue weighted by atomic mass is 9.72. The first-order valence-corrected chi connectivity index (χ1v) is 10.00. The summed E-state index contributed by atoms with van der Waals surface area (Å²) in [5.41, 5.74) is 0. The second kappa shape index (κ2) is 13.4. The summed E-state index contributed by atoms with van der Waals surface area (Å²) in [6, 6.07) is 0. The molecule has 4 unspecified atom stereocenters. The van der Waals surface area contributed by atoms with Crippen molar-refractivity contribution in [3.8, 4) is 0 Å². The molecule has 134 valence electrons. The van der Waals surface area contributed by atoms with Crippen molar-refractivity contribution >= 4 is 0 Å². The van der Waals surface area contributed by atoms with Crippen LogP contribution >= 0.6 is 0 Å². The molecule has 0 saturated heterocycles. The van der Waals surface area contributed by atoms with Gasteiger partial charge in [-0.15, -0.1) is 0 Å². The molecule has 0 aliphatic carbocycles. The molecule has 1 nitrogen and oxygen atoms in total. The van der Waals surface area contributed by atoms with Gasteiger partial charge in [0.1, 0.15) is 0 Å². The van der Waals surface area contributed by atoms with Gasteiger partial charge in [0, 0.05) is 13.7 Å². The molecule has 22 heavy (non-hydrogen) atoms. The number of hydrogen-bond donors (Lipinski definition) is 0. The Morgan fingerprint density at radius 1 is 0.727 bits per heavy atom. The highest BCUT2D eigenvalue weighted by Crippen LogP contribution is 2.35. The van der Waals surface area contributed by atoms with Crippen LogP contribution in [0.1, 0.15) is 92.9 Å². The lowest BCUT2D eigenvalue weighted by Crippen LogP contribution is -2.28. The van der Waals surface area contributed by atoms with Crippen molar-refractivity contribution in [1.82, 2.24) is 0 Å². The first kappa shape index (κ1) is 22.0. The van der Waals surface area contributed by atoms with E-state index < -0.39 is 0 Å². The zero-order chi connectivity index (χ0) is 17.0. The molecule has 0 amide bonds. The maximum absolute atomic E-state index is 5.53. The van der Waals surface area contributed by atoms with Crippen LogP contribution in [-0.2, 0) is 4.74 Å². The van der Waals surface area contributed by atoms with Gasteiger partial charge in [-0.25, -0.2) is 0 Å². The number of ether oxygens (including phenoxy) is 1. The summed E-state index contributed by atoms with van der Waals surface area (Å²) >= 11 is 0. The fourth-order valence-electron chi connectivity index (χ4n) is 3.78. The van der Waals surface area contributed by atoms with E-state index in [2.05, 4.69) is 41.5 Å². The molecule has 0 saturated carbocycles. The summed E-state index contributed by atoms with van der Waals surface area (Å²) < 4.78 is 5.53. The van der Waals surface area contributed by atoms with Crippen molar-refractivity contribution in [2.45, 2.75) is 92.9 Å². The van der Waals surface area contributed by atoms with E-state index in [1.807, 2.05) is 7.11 Å². The van der Waals surface area contributed by atoms with Crippen molar-refractivity contribution in [3.05, 3.63) is 0 Å². The highest BCUT2D eigenvalue weighted by molar-refractivity contribution is 4.77. The molecule has 0 fully saturated rings. The summed E-state index contributed by atoms with van der Waals surface area (Å²) in [7, 11) is 1.86. The molecule has 0 N–H and O–H groups in total. The van der Waals surface area contributed by atoms with Crippen molar-refractivity contribution < 1.29 is 4.74 Å². The Hall–Kier alpha value is -0.0400. The fourth-order valence-corrected chi connectivity index (χ4v) is 3.78. The number of hydrogen-bond acceptors (Lipinski definition) is 1. The van der Waals surface area contributed by atoms with E-state index in [9.17, 15) is 0 Å². The predicted molar refractivity (Wildman–Crippen MR) is 100 cm³/mol. The maximum Gasteiger partial charge on any atom is 0.0493 e.